The first-order valence-corrected chi connectivity index (χ1v) is 11.9. The smallest absolute Gasteiger partial charge is 0.240 e. The Bertz CT molecular complexity index is 743. The Morgan fingerprint density at radius 3 is 1.96 bits per heavy atom. The van der Waals surface area contributed by atoms with E-state index >= 15 is 0 Å². The Morgan fingerprint density at radius 1 is 0.846 bits per heavy atom. The van der Waals surface area contributed by atoms with Crippen LogP contribution in [0, 0.1) is 0 Å². The maximum Gasteiger partial charge on any atom is 0.240 e. The summed E-state index contributed by atoms with van der Waals surface area (Å²) in [4.78, 5) is 0.245. The first-order valence-electron chi connectivity index (χ1n) is 8.89. The predicted molar refractivity (Wildman–Crippen MR) is 106 cm³/mol. The van der Waals surface area contributed by atoms with Gasteiger partial charge in [-0.25, -0.2) is 26.3 Å². The average molecular weight is 406 g/mol. The number of unbranched alkanes of at least 4 members (excludes halogenated alkanes) is 2. The van der Waals surface area contributed by atoms with Crippen molar-refractivity contribution in [2.24, 2.45) is 0 Å². The van der Waals surface area contributed by atoms with Gasteiger partial charge in [0.2, 0.25) is 20.0 Å². The van der Waals surface area contributed by atoms with Gasteiger partial charge in [0.1, 0.15) is 0 Å². The summed E-state index contributed by atoms with van der Waals surface area (Å²) in [6.07, 6.45) is 2.59. The summed E-state index contributed by atoms with van der Waals surface area (Å²) in [6, 6.07) is 6.49. The molecule has 0 unspecified atom stereocenters. The number of hydrogen-bond acceptors (Lipinski definition) is 5. The van der Waals surface area contributed by atoms with Gasteiger partial charge in [0, 0.05) is 24.8 Å². The number of nitrogens with one attached hydrogen (secondary N) is 3. The van der Waals surface area contributed by atoms with Crippen molar-refractivity contribution < 1.29 is 16.8 Å². The van der Waals surface area contributed by atoms with E-state index in [9.17, 15) is 16.8 Å². The fourth-order valence-corrected chi connectivity index (χ4v) is 4.18. The fraction of sp³-hybridized carbons (Fsp3) is 0.647. The number of sulfonamides is 2. The molecule has 1 aromatic carbocycles. The largest absolute Gasteiger partial charge is 0.385 e. The summed E-state index contributed by atoms with van der Waals surface area (Å²) in [5, 5.41) is 2.83. The summed E-state index contributed by atoms with van der Waals surface area (Å²) in [5.74, 6) is 0. The minimum absolute atomic E-state index is 0.150. The van der Waals surface area contributed by atoms with Crippen LogP contribution in [0.2, 0.25) is 0 Å². The second-order valence-electron chi connectivity index (χ2n) is 6.78. The van der Waals surface area contributed by atoms with Crippen molar-refractivity contribution in [2.75, 3.05) is 18.4 Å². The minimum atomic E-state index is -3.46. The molecule has 0 aliphatic carbocycles. The van der Waals surface area contributed by atoms with E-state index in [2.05, 4.69) is 14.8 Å². The standard InChI is InChI=1S/C17H31N3O4S2/c1-14(2)20-26(23,24)17-10-8-16(9-11-17)18-12-6-5-7-13-19-25(21,22)15(3)4/h8-11,14-15,18-20H,5-7,12-13H2,1-4H3. The summed E-state index contributed by atoms with van der Waals surface area (Å²) in [7, 11) is -6.64. The van der Waals surface area contributed by atoms with E-state index in [-0.39, 0.29) is 10.9 Å². The van der Waals surface area contributed by atoms with Crippen LogP contribution >= 0.6 is 0 Å². The molecular weight excluding hydrogens is 374 g/mol. The summed E-state index contributed by atoms with van der Waals surface area (Å²) < 4.78 is 52.4. The van der Waals surface area contributed by atoms with Crippen molar-refractivity contribution in [3.8, 4) is 0 Å². The van der Waals surface area contributed by atoms with Crippen molar-refractivity contribution >= 4 is 25.7 Å². The molecule has 0 atom stereocenters. The zero-order valence-electron chi connectivity index (χ0n) is 15.9. The molecule has 0 heterocycles. The highest BCUT2D eigenvalue weighted by Gasteiger charge is 2.15. The van der Waals surface area contributed by atoms with Gasteiger partial charge in [0.15, 0.2) is 0 Å². The van der Waals surface area contributed by atoms with Crippen molar-refractivity contribution in [3.63, 3.8) is 0 Å². The summed E-state index contributed by atoms with van der Waals surface area (Å²) in [5.41, 5.74) is 0.856. The molecule has 1 rings (SSSR count). The molecule has 3 N–H and O–H groups in total. The van der Waals surface area contributed by atoms with Crippen molar-refractivity contribution in [1.29, 1.82) is 0 Å². The zero-order chi connectivity index (χ0) is 19.8. The summed E-state index contributed by atoms with van der Waals surface area (Å²) >= 11 is 0. The SMILES string of the molecule is CC(C)NS(=O)(=O)c1ccc(NCCCCCNS(=O)(=O)C(C)C)cc1. The van der Waals surface area contributed by atoms with E-state index in [0.717, 1.165) is 31.5 Å². The number of anilines is 1. The number of rotatable bonds is 12. The van der Waals surface area contributed by atoms with E-state index in [1.165, 1.54) is 0 Å². The van der Waals surface area contributed by atoms with Crippen LogP contribution in [-0.4, -0.2) is 41.2 Å². The van der Waals surface area contributed by atoms with Gasteiger partial charge in [-0.15, -0.1) is 0 Å². The van der Waals surface area contributed by atoms with Crippen LogP contribution in [0.3, 0.4) is 0 Å². The molecule has 7 nitrogen and oxygen atoms in total. The molecule has 1 aromatic rings. The normalized spacial score (nSPS) is 12.7. The average Bonchev–Trinajstić information content (AvgIpc) is 2.53. The highest BCUT2D eigenvalue weighted by atomic mass is 32.2. The molecule has 0 bridgehead atoms. The van der Waals surface area contributed by atoms with Crippen LogP contribution in [0.15, 0.2) is 29.2 Å². The Morgan fingerprint density at radius 2 is 1.42 bits per heavy atom. The lowest BCUT2D eigenvalue weighted by molar-refractivity contribution is 0.566. The van der Waals surface area contributed by atoms with Gasteiger partial charge >= 0.3 is 0 Å². The topological polar surface area (TPSA) is 104 Å². The van der Waals surface area contributed by atoms with Gasteiger partial charge in [-0.3, -0.25) is 0 Å². The Kier molecular flexibility index (Phi) is 9.02. The highest BCUT2D eigenvalue weighted by Crippen LogP contribution is 2.14. The molecule has 0 aliphatic heterocycles. The molecule has 9 heteroatoms. The molecule has 0 saturated heterocycles. The molecular formula is C17H31N3O4S2. The lowest BCUT2D eigenvalue weighted by atomic mass is 10.2. The monoisotopic (exact) mass is 405 g/mol. The van der Waals surface area contributed by atoms with Crippen LogP contribution in [-0.2, 0) is 20.0 Å². The second-order valence-corrected chi connectivity index (χ2v) is 10.8. The Labute approximate surface area is 158 Å². The Hall–Kier alpha value is -1.16. The van der Waals surface area contributed by atoms with E-state index in [0.29, 0.717) is 6.54 Å². The lowest BCUT2D eigenvalue weighted by Crippen LogP contribution is -2.31. The molecule has 0 radical (unpaired) electrons. The van der Waals surface area contributed by atoms with Gasteiger partial charge < -0.3 is 5.32 Å². The van der Waals surface area contributed by atoms with Crippen molar-refractivity contribution in [2.45, 2.75) is 63.1 Å². The van der Waals surface area contributed by atoms with E-state index in [4.69, 9.17) is 0 Å². The van der Waals surface area contributed by atoms with Gasteiger partial charge in [-0.05, 0) is 64.8 Å². The van der Waals surface area contributed by atoms with E-state index in [1.807, 2.05) is 0 Å². The first kappa shape index (κ1) is 22.9. The molecule has 150 valence electrons. The maximum absolute atomic E-state index is 12.0. The molecule has 0 aromatic heterocycles. The van der Waals surface area contributed by atoms with Crippen LogP contribution in [0.25, 0.3) is 0 Å². The first-order chi connectivity index (χ1) is 12.0. The highest BCUT2D eigenvalue weighted by molar-refractivity contribution is 7.90. The zero-order valence-corrected chi connectivity index (χ0v) is 17.6. The minimum Gasteiger partial charge on any atom is -0.385 e. The third-order valence-corrected chi connectivity index (χ3v) is 7.18. The maximum atomic E-state index is 12.0. The van der Waals surface area contributed by atoms with Gasteiger partial charge in [0.05, 0.1) is 10.1 Å². The fourth-order valence-electron chi connectivity index (χ4n) is 2.17. The third-order valence-electron chi connectivity index (χ3n) is 3.66. The molecule has 0 aliphatic rings. The number of benzene rings is 1. The Balaban J connectivity index is 2.30. The van der Waals surface area contributed by atoms with Gasteiger partial charge in [-0.1, -0.05) is 6.42 Å². The van der Waals surface area contributed by atoms with Crippen LogP contribution in [0.5, 0.6) is 0 Å². The summed E-state index contributed by atoms with van der Waals surface area (Å²) in [6.45, 7) is 8.06. The van der Waals surface area contributed by atoms with E-state index in [1.54, 1.807) is 52.0 Å². The quantitative estimate of drug-likeness (QED) is 0.463. The molecule has 26 heavy (non-hydrogen) atoms. The van der Waals surface area contributed by atoms with Crippen LogP contribution in [0.1, 0.15) is 47.0 Å². The van der Waals surface area contributed by atoms with Gasteiger partial charge in [-0.2, -0.15) is 0 Å². The lowest BCUT2D eigenvalue weighted by Gasteiger charge is -2.11. The second kappa shape index (κ2) is 10.2. The van der Waals surface area contributed by atoms with Crippen molar-refractivity contribution in [1.82, 2.24) is 9.44 Å². The molecule has 0 spiro atoms. The van der Waals surface area contributed by atoms with E-state index < -0.39 is 25.3 Å². The predicted octanol–water partition coefficient (Wildman–Crippen LogP) is 2.28. The van der Waals surface area contributed by atoms with Crippen LogP contribution < -0.4 is 14.8 Å². The van der Waals surface area contributed by atoms with Gasteiger partial charge in [0.25, 0.3) is 0 Å². The van der Waals surface area contributed by atoms with Crippen LogP contribution in [0.4, 0.5) is 5.69 Å². The molecule has 0 saturated carbocycles. The molecule has 0 amide bonds. The third kappa shape index (κ3) is 8.03. The molecule has 0 fully saturated rings. The van der Waals surface area contributed by atoms with Crippen molar-refractivity contribution in [3.05, 3.63) is 24.3 Å². The number of hydrogen-bond donors (Lipinski definition) is 3.